The Morgan fingerprint density at radius 1 is 0.967 bits per heavy atom. The summed E-state index contributed by atoms with van der Waals surface area (Å²) in [5.74, 6) is 0.527. The van der Waals surface area contributed by atoms with Gasteiger partial charge in [0, 0.05) is 23.0 Å². The number of rotatable bonds is 9. The molecule has 3 rings (SSSR count). The predicted molar refractivity (Wildman–Crippen MR) is 120 cm³/mol. The van der Waals surface area contributed by atoms with E-state index in [9.17, 15) is 9.59 Å². The van der Waals surface area contributed by atoms with Gasteiger partial charge in [0.2, 0.25) is 5.91 Å². The molecule has 2 amide bonds. The Labute approximate surface area is 177 Å². The largest absolute Gasteiger partial charge is 0.490 e. The highest BCUT2D eigenvalue weighted by Crippen LogP contribution is 2.18. The summed E-state index contributed by atoms with van der Waals surface area (Å²) in [6, 6.07) is 14.6. The Kier molecular flexibility index (Phi) is 7.89. The van der Waals surface area contributed by atoms with Gasteiger partial charge in [-0.3, -0.25) is 9.59 Å². The summed E-state index contributed by atoms with van der Waals surface area (Å²) in [6.45, 7) is 4.17. The number of nitrogens with one attached hydrogen (secondary N) is 3. The number of hydrogen-bond acceptors (Lipinski definition) is 4. The second-order valence-electron chi connectivity index (χ2n) is 7.41. The van der Waals surface area contributed by atoms with E-state index < -0.39 is 0 Å². The van der Waals surface area contributed by atoms with Crippen molar-refractivity contribution in [2.75, 3.05) is 23.8 Å². The number of anilines is 2. The third-order valence-corrected chi connectivity index (χ3v) is 5.05. The Hall–Kier alpha value is -3.28. The van der Waals surface area contributed by atoms with Crippen LogP contribution in [0.25, 0.3) is 0 Å². The van der Waals surface area contributed by atoms with Crippen LogP contribution in [0.1, 0.15) is 42.5 Å². The zero-order valence-electron chi connectivity index (χ0n) is 17.2. The second kappa shape index (κ2) is 11.0. The first-order chi connectivity index (χ1) is 14.6. The fourth-order valence-corrected chi connectivity index (χ4v) is 3.43. The maximum atomic E-state index is 12.4. The molecule has 0 aromatic heterocycles. The Morgan fingerprint density at radius 2 is 1.63 bits per heavy atom. The molecule has 3 N–H and O–H groups in total. The van der Waals surface area contributed by atoms with Gasteiger partial charge in [-0.25, -0.2) is 0 Å². The summed E-state index contributed by atoms with van der Waals surface area (Å²) in [4.78, 5) is 24.5. The van der Waals surface area contributed by atoms with Crippen LogP contribution in [-0.2, 0) is 4.79 Å². The van der Waals surface area contributed by atoms with Gasteiger partial charge in [-0.15, -0.1) is 0 Å². The lowest BCUT2D eigenvalue weighted by Gasteiger charge is -2.22. The highest BCUT2D eigenvalue weighted by atomic mass is 16.5. The van der Waals surface area contributed by atoms with E-state index in [0.29, 0.717) is 17.9 Å². The molecule has 6 heteroatoms. The quantitative estimate of drug-likeness (QED) is 0.540. The highest BCUT2D eigenvalue weighted by Gasteiger charge is 2.16. The third kappa shape index (κ3) is 6.65. The van der Waals surface area contributed by atoms with Crippen LogP contribution in [0.2, 0.25) is 0 Å². The van der Waals surface area contributed by atoms with E-state index in [1.54, 1.807) is 42.5 Å². The van der Waals surface area contributed by atoms with Gasteiger partial charge in [0.15, 0.2) is 0 Å². The zero-order chi connectivity index (χ0) is 21.2. The lowest BCUT2D eigenvalue weighted by atomic mass is 9.95. The zero-order valence-corrected chi connectivity index (χ0v) is 17.2. The van der Waals surface area contributed by atoms with Gasteiger partial charge in [-0.2, -0.15) is 0 Å². The fraction of sp³-hybridized carbons (Fsp3) is 0.333. The van der Waals surface area contributed by atoms with Gasteiger partial charge in [0.05, 0.1) is 6.54 Å². The molecule has 0 bridgehead atoms. The molecule has 1 saturated carbocycles. The van der Waals surface area contributed by atoms with E-state index >= 15 is 0 Å². The van der Waals surface area contributed by atoms with Gasteiger partial charge >= 0.3 is 0 Å². The van der Waals surface area contributed by atoms with Crippen molar-refractivity contribution < 1.29 is 14.3 Å². The van der Waals surface area contributed by atoms with Gasteiger partial charge < -0.3 is 20.7 Å². The first-order valence-corrected chi connectivity index (χ1v) is 10.4. The van der Waals surface area contributed by atoms with Crippen LogP contribution in [0.5, 0.6) is 5.75 Å². The lowest BCUT2D eigenvalue weighted by Crippen LogP contribution is -2.36. The van der Waals surface area contributed by atoms with Crippen molar-refractivity contribution in [1.29, 1.82) is 0 Å². The van der Waals surface area contributed by atoms with Crippen molar-refractivity contribution in [2.24, 2.45) is 0 Å². The Bertz CT molecular complexity index is 841. The minimum atomic E-state index is -0.158. The van der Waals surface area contributed by atoms with Crippen molar-refractivity contribution in [2.45, 2.75) is 38.1 Å². The molecule has 1 aliphatic carbocycles. The standard InChI is InChI=1S/C24H29N3O3/c1-2-16-30-22-14-12-21(13-15-22)26-23(28)17-25-19-10-8-18(9-11-19)24(29)27-20-6-4-3-5-7-20/h2,8-15,20,25H,1,3-7,16-17H2,(H,26,28)(H,27,29). The lowest BCUT2D eigenvalue weighted by molar-refractivity contribution is -0.114. The van der Waals surface area contributed by atoms with Crippen molar-refractivity contribution in [3.05, 3.63) is 66.7 Å². The molecular formula is C24H29N3O3. The molecule has 1 aliphatic rings. The molecule has 0 aliphatic heterocycles. The minimum absolute atomic E-state index is 0.0355. The molecule has 30 heavy (non-hydrogen) atoms. The minimum Gasteiger partial charge on any atom is -0.490 e. The van der Waals surface area contributed by atoms with E-state index in [0.717, 1.165) is 24.3 Å². The molecule has 0 radical (unpaired) electrons. The fourth-order valence-electron chi connectivity index (χ4n) is 3.43. The summed E-state index contributed by atoms with van der Waals surface area (Å²) in [5, 5.41) is 9.01. The summed E-state index contributed by atoms with van der Waals surface area (Å²) in [7, 11) is 0. The molecule has 2 aromatic carbocycles. The van der Waals surface area contributed by atoms with Gasteiger partial charge in [-0.05, 0) is 61.4 Å². The maximum absolute atomic E-state index is 12.4. The van der Waals surface area contributed by atoms with Crippen LogP contribution >= 0.6 is 0 Å². The molecule has 1 fully saturated rings. The van der Waals surface area contributed by atoms with Crippen LogP contribution in [0, 0.1) is 0 Å². The first kappa shape index (κ1) is 21.4. The number of ether oxygens (including phenoxy) is 1. The van der Waals surface area contributed by atoms with Crippen molar-refractivity contribution in [3.8, 4) is 5.75 Å². The van der Waals surface area contributed by atoms with Gasteiger partial charge in [0.1, 0.15) is 12.4 Å². The van der Waals surface area contributed by atoms with Gasteiger partial charge in [-0.1, -0.05) is 31.9 Å². The van der Waals surface area contributed by atoms with Crippen LogP contribution in [-0.4, -0.2) is 31.0 Å². The molecule has 0 spiro atoms. The number of carbonyl (C=O) groups is 2. The summed E-state index contributed by atoms with van der Waals surface area (Å²) in [6.07, 6.45) is 7.43. The normalized spacial score (nSPS) is 13.9. The van der Waals surface area contributed by atoms with Crippen LogP contribution in [0.4, 0.5) is 11.4 Å². The number of amides is 2. The second-order valence-corrected chi connectivity index (χ2v) is 7.41. The number of carbonyl (C=O) groups excluding carboxylic acids is 2. The van der Waals surface area contributed by atoms with Crippen LogP contribution in [0.3, 0.4) is 0 Å². The van der Waals surface area contributed by atoms with Crippen LogP contribution in [0.15, 0.2) is 61.2 Å². The molecule has 0 heterocycles. The van der Waals surface area contributed by atoms with Crippen molar-refractivity contribution in [1.82, 2.24) is 5.32 Å². The number of hydrogen-bond donors (Lipinski definition) is 3. The van der Waals surface area contributed by atoms with Gasteiger partial charge in [0.25, 0.3) is 5.91 Å². The predicted octanol–water partition coefficient (Wildman–Crippen LogP) is 4.36. The number of benzene rings is 2. The molecule has 158 valence electrons. The first-order valence-electron chi connectivity index (χ1n) is 10.4. The average Bonchev–Trinajstić information content (AvgIpc) is 2.78. The van der Waals surface area contributed by atoms with Crippen molar-refractivity contribution in [3.63, 3.8) is 0 Å². The SMILES string of the molecule is C=CCOc1ccc(NC(=O)CNc2ccc(C(=O)NC3CCCCC3)cc2)cc1. The Morgan fingerprint density at radius 3 is 2.30 bits per heavy atom. The summed E-state index contributed by atoms with van der Waals surface area (Å²) >= 11 is 0. The topological polar surface area (TPSA) is 79.5 Å². The smallest absolute Gasteiger partial charge is 0.251 e. The van der Waals surface area contributed by atoms with Crippen molar-refractivity contribution >= 4 is 23.2 Å². The summed E-state index contributed by atoms with van der Waals surface area (Å²) < 4.78 is 5.42. The Balaban J connectivity index is 1.43. The van der Waals surface area contributed by atoms with E-state index in [2.05, 4.69) is 22.5 Å². The highest BCUT2D eigenvalue weighted by molar-refractivity contribution is 5.95. The molecule has 6 nitrogen and oxygen atoms in total. The summed E-state index contributed by atoms with van der Waals surface area (Å²) in [5.41, 5.74) is 2.12. The molecule has 0 atom stereocenters. The van der Waals surface area contributed by atoms with Crippen LogP contribution < -0.4 is 20.7 Å². The molecule has 0 saturated heterocycles. The van der Waals surface area contributed by atoms with E-state index in [4.69, 9.17) is 4.74 Å². The van der Waals surface area contributed by atoms with E-state index in [1.165, 1.54) is 19.3 Å². The molecule has 0 unspecified atom stereocenters. The van der Waals surface area contributed by atoms with E-state index in [1.807, 2.05) is 12.1 Å². The third-order valence-electron chi connectivity index (χ3n) is 5.05. The van der Waals surface area contributed by atoms with E-state index in [-0.39, 0.29) is 24.4 Å². The monoisotopic (exact) mass is 407 g/mol. The molecular weight excluding hydrogens is 378 g/mol. The maximum Gasteiger partial charge on any atom is 0.251 e. The average molecular weight is 408 g/mol. The molecule has 2 aromatic rings.